The summed E-state index contributed by atoms with van der Waals surface area (Å²) in [5, 5.41) is 9.04. The van der Waals surface area contributed by atoms with Crippen LogP contribution in [-0.4, -0.2) is 19.2 Å². The number of benzene rings is 2. The number of nitrogens with zero attached hydrogens (tertiary/aromatic N) is 6. The molecule has 1 aliphatic rings. The molecular weight excluding hydrogens is 532 g/mol. The molecule has 1 heterocycles. The van der Waals surface area contributed by atoms with Crippen LogP contribution < -0.4 is 4.90 Å². The van der Waals surface area contributed by atoms with Crippen molar-refractivity contribution in [3.8, 4) is 0 Å². The van der Waals surface area contributed by atoms with Gasteiger partial charge in [-0.2, -0.15) is 19.9 Å². The summed E-state index contributed by atoms with van der Waals surface area (Å²) in [5.74, 6) is -0.173. The molecule has 0 radical (unpaired) electrons. The number of hydrogen-bond donors (Lipinski definition) is 0. The Kier molecular flexibility index (Phi) is 10.0. The number of hydrogen-bond acceptors (Lipinski definition) is 4. The molecule has 222 valence electrons. The number of rotatable bonds is 8. The highest BCUT2D eigenvalue weighted by Gasteiger charge is 2.41. The third-order valence-corrected chi connectivity index (χ3v) is 7.05. The monoisotopic (exact) mass is 574 g/mol. The van der Waals surface area contributed by atoms with Crippen LogP contribution in [0.2, 0.25) is 0 Å². The van der Waals surface area contributed by atoms with Crippen molar-refractivity contribution < 1.29 is 4.74 Å². The Hall–Kier alpha value is -4.67. The Morgan fingerprint density at radius 1 is 0.884 bits per heavy atom. The fourth-order valence-electron chi connectivity index (χ4n) is 4.67. The Morgan fingerprint density at radius 3 is 2.05 bits per heavy atom. The smallest absolute Gasteiger partial charge is 0.499 e. The minimum atomic E-state index is -0.846. The van der Waals surface area contributed by atoms with E-state index in [9.17, 15) is 0 Å². The molecule has 1 aliphatic heterocycles. The van der Waals surface area contributed by atoms with Gasteiger partial charge in [0, 0.05) is 24.9 Å². The molecule has 3 rings (SSSR count). The Bertz CT molecular complexity index is 1570. The predicted molar refractivity (Wildman–Crippen MR) is 176 cm³/mol. The summed E-state index contributed by atoms with van der Waals surface area (Å²) in [6.07, 6.45) is 5.76. The maximum absolute atomic E-state index is 7.73. The van der Waals surface area contributed by atoms with E-state index in [1.165, 1.54) is 0 Å². The number of azo groups is 1. The molecule has 0 aromatic heterocycles. The van der Waals surface area contributed by atoms with E-state index >= 15 is 0 Å². The van der Waals surface area contributed by atoms with Gasteiger partial charge in [0.25, 0.3) is 0 Å². The van der Waals surface area contributed by atoms with Gasteiger partial charge in [0.2, 0.25) is 11.5 Å². The van der Waals surface area contributed by atoms with Gasteiger partial charge in [0.15, 0.2) is 0 Å². The lowest BCUT2D eigenvalue weighted by atomic mass is 9.85. The summed E-state index contributed by atoms with van der Waals surface area (Å²) in [4.78, 5) is 12.4. The second-order valence-corrected chi connectivity index (χ2v) is 13.8. The van der Waals surface area contributed by atoms with Crippen molar-refractivity contribution in [3.05, 3.63) is 117 Å². The van der Waals surface area contributed by atoms with Crippen LogP contribution >= 0.6 is 0 Å². The van der Waals surface area contributed by atoms with Crippen LogP contribution in [-0.2, 0) is 11.2 Å². The molecular formula is C36H42N6O. The largest absolute Gasteiger partial charge is 0.550 e. The molecule has 0 bridgehead atoms. The zero-order valence-corrected chi connectivity index (χ0v) is 26.9. The van der Waals surface area contributed by atoms with Gasteiger partial charge in [-0.25, -0.2) is 4.85 Å². The first-order valence-electron chi connectivity index (χ1n) is 14.4. The first-order valence-corrected chi connectivity index (χ1v) is 14.4. The molecule has 0 amide bonds. The van der Waals surface area contributed by atoms with Gasteiger partial charge in [-0.15, -0.1) is 0 Å². The minimum Gasteiger partial charge on any atom is -0.499 e. The normalized spacial score (nSPS) is 14.9. The molecule has 0 aliphatic carbocycles. The Labute approximate surface area is 257 Å². The van der Waals surface area contributed by atoms with Crippen LogP contribution in [0.5, 0.6) is 0 Å². The summed E-state index contributed by atoms with van der Waals surface area (Å²) in [5.41, 5.74) is 5.13. The minimum absolute atomic E-state index is 0.0277. The number of anilines is 1. The second kappa shape index (κ2) is 13.1. The molecule has 43 heavy (non-hydrogen) atoms. The second-order valence-electron chi connectivity index (χ2n) is 13.8. The van der Waals surface area contributed by atoms with Gasteiger partial charge in [0.05, 0.1) is 17.9 Å². The zero-order chi connectivity index (χ0) is 32.0. The maximum Gasteiger partial charge on any atom is 0.550 e. The van der Waals surface area contributed by atoms with Crippen molar-refractivity contribution in [3.63, 3.8) is 0 Å². The van der Waals surface area contributed by atoms with Crippen molar-refractivity contribution in [2.45, 2.75) is 73.8 Å². The van der Waals surface area contributed by atoms with E-state index in [4.69, 9.17) is 24.5 Å². The van der Waals surface area contributed by atoms with Gasteiger partial charge in [-0.05, 0) is 85.0 Å². The molecule has 0 unspecified atom stereocenters. The average molecular weight is 575 g/mol. The quantitative estimate of drug-likeness (QED) is 0.233. The highest BCUT2D eigenvalue weighted by molar-refractivity contribution is 5.64. The van der Waals surface area contributed by atoms with Crippen molar-refractivity contribution >= 4 is 23.1 Å². The lowest BCUT2D eigenvalue weighted by Crippen LogP contribution is -2.22. The predicted octanol–water partition coefficient (Wildman–Crippen LogP) is 10.6. The lowest BCUT2D eigenvalue weighted by Gasteiger charge is -2.25. The Balaban J connectivity index is 1.90. The lowest BCUT2D eigenvalue weighted by molar-refractivity contribution is 0.0951. The van der Waals surface area contributed by atoms with Crippen molar-refractivity contribution in [1.29, 1.82) is 0 Å². The van der Waals surface area contributed by atoms with Crippen LogP contribution in [0.4, 0.5) is 17.1 Å². The fourth-order valence-corrected chi connectivity index (χ4v) is 4.67. The summed E-state index contributed by atoms with van der Waals surface area (Å²) < 4.78 is 5.93. The summed E-state index contributed by atoms with van der Waals surface area (Å²) in [7, 11) is 2.11. The summed E-state index contributed by atoms with van der Waals surface area (Å²) in [6, 6.07) is 14.1. The van der Waals surface area contributed by atoms with E-state index < -0.39 is 5.60 Å². The van der Waals surface area contributed by atoms with Crippen LogP contribution in [0.15, 0.2) is 81.6 Å². The van der Waals surface area contributed by atoms with Gasteiger partial charge < -0.3 is 9.64 Å². The van der Waals surface area contributed by atoms with Crippen LogP contribution in [0.3, 0.4) is 0 Å². The van der Waals surface area contributed by atoms with Gasteiger partial charge in [-0.3, -0.25) is 0 Å². The molecule has 2 aromatic carbocycles. The topological polar surface area (TPSA) is 50.3 Å². The molecule has 0 fully saturated rings. The molecule has 0 saturated carbocycles. The van der Waals surface area contributed by atoms with E-state index in [2.05, 4.69) is 96.5 Å². The molecule has 0 spiro atoms. The summed E-state index contributed by atoms with van der Waals surface area (Å²) in [6.45, 7) is 40.4. The average Bonchev–Trinajstić information content (AvgIpc) is 3.18. The first kappa shape index (κ1) is 32.8. The SMILES string of the molecule is [C-]#[N+]C([N+]#[C-])=C1OC(C)(C)C(/C=C/c2ccc(N=Nc3ccc(N(C)CCC(C)(C)C)cc3)cc2CC(C)(C)C)=C1[N+]#[C-]. The Morgan fingerprint density at radius 2 is 1.49 bits per heavy atom. The van der Waals surface area contributed by atoms with Crippen molar-refractivity contribution in [2.75, 3.05) is 18.5 Å². The van der Waals surface area contributed by atoms with Crippen LogP contribution in [0.1, 0.15) is 72.9 Å². The van der Waals surface area contributed by atoms with E-state index in [0.717, 1.165) is 47.6 Å². The van der Waals surface area contributed by atoms with E-state index in [0.29, 0.717) is 11.0 Å². The van der Waals surface area contributed by atoms with Crippen molar-refractivity contribution in [1.82, 2.24) is 0 Å². The summed E-state index contributed by atoms with van der Waals surface area (Å²) >= 11 is 0. The highest BCUT2D eigenvalue weighted by Crippen LogP contribution is 2.42. The third-order valence-electron chi connectivity index (χ3n) is 7.05. The fraction of sp³-hybridized carbons (Fsp3) is 0.417. The van der Waals surface area contributed by atoms with Crippen LogP contribution in [0, 0.1) is 30.5 Å². The molecule has 0 atom stereocenters. The molecule has 7 heteroatoms. The standard InChI is InChI=1S/C36H42N6O/c1-34(2,3)21-22-42(12)29-18-16-27(17-19-29)40-41-28-15-13-25(26(23-28)24-35(4,5)6)14-20-30-31(37-9)32(33(38-10)39-11)43-36(30,7)8/h13-20,23H,21-22,24H2,1-8,12H3/b20-14+,41-40?. The highest BCUT2D eigenvalue weighted by atomic mass is 16.5. The molecule has 7 nitrogen and oxygen atoms in total. The third kappa shape index (κ3) is 8.91. The van der Waals surface area contributed by atoms with Crippen LogP contribution in [0.25, 0.3) is 20.6 Å². The van der Waals surface area contributed by atoms with E-state index in [1.807, 2.05) is 50.3 Å². The van der Waals surface area contributed by atoms with E-state index in [-0.39, 0.29) is 22.7 Å². The molecule has 0 N–H and O–H groups in total. The first-order chi connectivity index (χ1) is 20.1. The van der Waals surface area contributed by atoms with Gasteiger partial charge in [0.1, 0.15) is 18.7 Å². The van der Waals surface area contributed by atoms with E-state index in [1.54, 1.807) is 0 Å². The van der Waals surface area contributed by atoms with Gasteiger partial charge in [-0.1, -0.05) is 59.8 Å². The zero-order valence-electron chi connectivity index (χ0n) is 26.9. The maximum atomic E-state index is 7.73. The van der Waals surface area contributed by atoms with Gasteiger partial charge >= 0.3 is 5.82 Å². The molecule has 2 aromatic rings. The number of ether oxygens (including phenoxy) is 1. The molecule has 0 saturated heterocycles. The van der Waals surface area contributed by atoms with Crippen molar-refractivity contribution in [2.24, 2.45) is 21.1 Å².